The third kappa shape index (κ3) is 4.27. The van der Waals surface area contributed by atoms with Crippen molar-refractivity contribution < 1.29 is 9.53 Å². The number of ether oxygens (including phenoxy) is 1. The van der Waals surface area contributed by atoms with Crippen LogP contribution in [0.2, 0.25) is 0 Å². The zero-order valence-corrected chi connectivity index (χ0v) is 19.7. The van der Waals surface area contributed by atoms with Crippen LogP contribution in [-0.2, 0) is 6.54 Å². The molecule has 1 fully saturated rings. The number of nitrogens with zero attached hydrogens (tertiary/aromatic N) is 3. The molecule has 3 aromatic rings. The Morgan fingerprint density at radius 2 is 1.79 bits per heavy atom. The van der Waals surface area contributed by atoms with Crippen LogP contribution in [0.25, 0.3) is 0 Å². The highest BCUT2D eigenvalue weighted by molar-refractivity contribution is 5.96. The van der Waals surface area contributed by atoms with Gasteiger partial charge in [-0.05, 0) is 45.4 Å². The number of carbonyl (C=O) groups is 1. The number of rotatable bonds is 4. The molecule has 172 valence electrons. The van der Waals surface area contributed by atoms with E-state index in [1.165, 1.54) is 0 Å². The van der Waals surface area contributed by atoms with Crippen molar-refractivity contribution in [1.82, 2.24) is 20.0 Å². The Morgan fingerprint density at radius 3 is 2.55 bits per heavy atom. The molecule has 0 saturated carbocycles. The Kier molecular flexibility index (Phi) is 5.71. The molecule has 1 atom stereocenters. The minimum atomic E-state index is -0.222. The predicted octanol–water partition coefficient (Wildman–Crippen LogP) is 4.27. The highest BCUT2D eigenvalue weighted by Crippen LogP contribution is 2.44. The second-order valence-corrected chi connectivity index (χ2v) is 9.55. The molecule has 0 aliphatic carbocycles. The Morgan fingerprint density at radius 1 is 1.09 bits per heavy atom. The molecule has 2 aromatic carbocycles. The van der Waals surface area contributed by atoms with Gasteiger partial charge >= 0.3 is 0 Å². The Hall–Kier alpha value is -3.12. The second kappa shape index (κ2) is 8.67. The lowest BCUT2D eigenvalue weighted by atomic mass is 9.80. The average molecular weight is 445 g/mol. The van der Waals surface area contributed by atoms with E-state index in [9.17, 15) is 4.79 Å². The van der Waals surface area contributed by atoms with Crippen molar-refractivity contribution in [2.75, 3.05) is 20.1 Å². The predicted molar refractivity (Wildman–Crippen MR) is 129 cm³/mol. The first-order valence-corrected chi connectivity index (χ1v) is 11.8. The molecule has 1 unspecified atom stereocenters. The summed E-state index contributed by atoms with van der Waals surface area (Å²) in [5.41, 5.74) is 4.33. The molecule has 2 aliphatic heterocycles. The van der Waals surface area contributed by atoms with E-state index in [2.05, 4.69) is 40.6 Å². The zero-order chi connectivity index (χ0) is 23.0. The number of amides is 1. The summed E-state index contributed by atoms with van der Waals surface area (Å²) in [5.74, 6) is 0.834. The van der Waals surface area contributed by atoms with E-state index in [1.807, 2.05) is 54.9 Å². The minimum absolute atomic E-state index is 0.0610. The Bertz CT molecular complexity index is 1150. The third-order valence-electron chi connectivity index (χ3n) is 7.18. The summed E-state index contributed by atoms with van der Waals surface area (Å²) in [7, 11) is 2.15. The third-order valence-corrected chi connectivity index (χ3v) is 7.18. The standard InChI is InChI=1S/C27H32N4O2/c1-19-25(20(2)31(29-19)18-21-9-5-4-6-10-21)26(32)28-23-17-27(13-15-30(3)16-14-27)33-24-12-8-7-11-22(23)24/h4-12,23H,13-18H2,1-3H3,(H,28,32). The van der Waals surface area contributed by atoms with Crippen molar-refractivity contribution in [2.24, 2.45) is 0 Å². The molecule has 1 spiro atoms. The van der Waals surface area contributed by atoms with Gasteiger partial charge in [0, 0.05) is 30.8 Å². The van der Waals surface area contributed by atoms with Crippen LogP contribution in [0, 0.1) is 13.8 Å². The summed E-state index contributed by atoms with van der Waals surface area (Å²) in [6.07, 6.45) is 2.73. The summed E-state index contributed by atoms with van der Waals surface area (Å²) in [6, 6.07) is 18.3. The van der Waals surface area contributed by atoms with E-state index in [1.54, 1.807) is 0 Å². The first kappa shape index (κ1) is 21.7. The smallest absolute Gasteiger partial charge is 0.255 e. The van der Waals surface area contributed by atoms with Gasteiger partial charge in [-0.15, -0.1) is 0 Å². The van der Waals surface area contributed by atoms with Crippen LogP contribution in [0.3, 0.4) is 0 Å². The van der Waals surface area contributed by atoms with Crippen LogP contribution >= 0.6 is 0 Å². The molecule has 0 bridgehead atoms. The van der Waals surface area contributed by atoms with Crippen LogP contribution in [-0.4, -0.2) is 46.3 Å². The van der Waals surface area contributed by atoms with E-state index < -0.39 is 0 Å². The number of nitrogens with one attached hydrogen (secondary N) is 1. The number of benzene rings is 2. The van der Waals surface area contributed by atoms with Gasteiger partial charge in [0.25, 0.3) is 5.91 Å². The summed E-state index contributed by atoms with van der Waals surface area (Å²) < 4.78 is 8.48. The average Bonchev–Trinajstić information content (AvgIpc) is 3.09. The number of fused-ring (bicyclic) bond motifs is 1. The van der Waals surface area contributed by atoms with E-state index in [-0.39, 0.29) is 17.6 Å². The van der Waals surface area contributed by atoms with Crippen LogP contribution < -0.4 is 10.1 Å². The molecule has 6 heteroatoms. The molecule has 5 rings (SSSR count). The maximum Gasteiger partial charge on any atom is 0.255 e. The normalized spacial score (nSPS) is 19.7. The van der Waals surface area contributed by atoms with Crippen molar-refractivity contribution in [3.05, 3.63) is 82.7 Å². The first-order chi connectivity index (χ1) is 15.9. The highest BCUT2D eigenvalue weighted by atomic mass is 16.5. The fraction of sp³-hybridized carbons (Fsp3) is 0.407. The van der Waals surface area contributed by atoms with Gasteiger partial charge < -0.3 is 15.0 Å². The van der Waals surface area contributed by atoms with Crippen molar-refractivity contribution in [3.8, 4) is 5.75 Å². The van der Waals surface area contributed by atoms with Gasteiger partial charge in [0.05, 0.1) is 23.8 Å². The number of likely N-dealkylation sites (tertiary alicyclic amines) is 1. The lowest BCUT2D eigenvalue weighted by molar-refractivity contribution is -0.0195. The number of aromatic nitrogens is 2. The van der Waals surface area contributed by atoms with Gasteiger partial charge in [-0.25, -0.2) is 0 Å². The van der Waals surface area contributed by atoms with E-state index in [0.717, 1.165) is 60.6 Å². The highest BCUT2D eigenvalue weighted by Gasteiger charge is 2.43. The van der Waals surface area contributed by atoms with Gasteiger partial charge in [0.1, 0.15) is 11.4 Å². The van der Waals surface area contributed by atoms with Crippen molar-refractivity contribution in [1.29, 1.82) is 0 Å². The number of aryl methyl sites for hydroxylation is 1. The van der Waals surface area contributed by atoms with Crippen LogP contribution in [0.4, 0.5) is 0 Å². The number of hydrogen-bond donors (Lipinski definition) is 1. The van der Waals surface area contributed by atoms with Crippen LogP contribution in [0.5, 0.6) is 5.75 Å². The molecule has 1 amide bonds. The molecule has 1 N–H and O–H groups in total. The Labute approximate surface area is 195 Å². The lowest BCUT2D eigenvalue weighted by Gasteiger charge is -2.46. The number of para-hydroxylation sites is 1. The van der Waals surface area contributed by atoms with Gasteiger partial charge in [0.2, 0.25) is 0 Å². The topological polar surface area (TPSA) is 59.4 Å². The maximum absolute atomic E-state index is 13.5. The van der Waals surface area contributed by atoms with Crippen LogP contribution in [0.15, 0.2) is 54.6 Å². The summed E-state index contributed by atoms with van der Waals surface area (Å²) in [4.78, 5) is 15.9. The molecule has 3 heterocycles. The van der Waals surface area contributed by atoms with Crippen molar-refractivity contribution in [2.45, 2.75) is 51.3 Å². The molecular formula is C27H32N4O2. The second-order valence-electron chi connectivity index (χ2n) is 9.55. The minimum Gasteiger partial charge on any atom is -0.487 e. The van der Waals surface area contributed by atoms with Crippen LogP contribution in [0.1, 0.15) is 58.2 Å². The Balaban J connectivity index is 1.40. The fourth-order valence-electron chi connectivity index (χ4n) is 5.25. The van der Waals surface area contributed by atoms with Gasteiger partial charge in [-0.2, -0.15) is 5.10 Å². The molecule has 0 radical (unpaired) electrons. The van der Waals surface area contributed by atoms with Crippen molar-refractivity contribution >= 4 is 5.91 Å². The summed E-state index contributed by atoms with van der Waals surface area (Å²) in [6.45, 7) is 6.56. The van der Waals surface area contributed by atoms with Gasteiger partial charge in [-0.3, -0.25) is 9.48 Å². The molecular weight excluding hydrogens is 412 g/mol. The molecule has 2 aliphatic rings. The van der Waals surface area contributed by atoms with E-state index in [0.29, 0.717) is 12.1 Å². The van der Waals surface area contributed by atoms with E-state index in [4.69, 9.17) is 4.74 Å². The molecule has 6 nitrogen and oxygen atoms in total. The maximum atomic E-state index is 13.5. The summed E-state index contributed by atoms with van der Waals surface area (Å²) >= 11 is 0. The van der Waals surface area contributed by atoms with Gasteiger partial charge in [0.15, 0.2) is 0 Å². The SMILES string of the molecule is Cc1nn(Cc2ccccc2)c(C)c1C(=O)NC1CC2(CCN(C)CC2)Oc2ccccc21. The molecule has 33 heavy (non-hydrogen) atoms. The number of hydrogen-bond acceptors (Lipinski definition) is 4. The fourth-order valence-corrected chi connectivity index (χ4v) is 5.25. The van der Waals surface area contributed by atoms with E-state index >= 15 is 0 Å². The van der Waals surface area contributed by atoms with Gasteiger partial charge in [-0.1, -0.05) is 48.5 Å². The van der Waals surface area contributed by atoms with Crippen molar-refractivity contribution in [3.63, 3.8) is 0 Å². The quantitative estimate of drug-likeness (QED) is 0.653. The lowest BCUT2D eigenvalue weighted by Crippen LogP contribution is -2.51. The number of piperidine rings is 1. The first-order valence-electron chi connectivity index (χ1n) is 11.8. The largest absolute Gasteiger partial charge is 0.487 e. The molecule has 1 saturated heterocycles. The summed E-state index contributed by atoms with van der Waals surface area (Å²) in [5, 5.41) is 8.03. The molecule has 1 aromatic heterocycles. The zero-order valence-electron chi connectivity index (χ0n) is 19.7. The monoisotopic (exact) mass is 444 g/mol. The number of carbonyl (C=O) groups excluding carboxylic acids is 1.